The molecule has 3 saturated heterocycles. The molecule has 0 amide bonds. The minimum Gasteiger partial charge on any atom is -0.461 e. The van der Waals surface area contributed by atoms with E-state index in [0.717, 1.165) is 49.6 Å². The highest BCUT2D eigenvalue weighted by Crippen LogP contribution is 2.42. The van der Waals surface area contributed by atoms with Gasteiger partial charge in [0.15, 0.2) is 12.1 Å². The van der Waals surface area contributed by atoms with E-state index in [-0.39, 0.29) is 23.8 Å². The monoisotopic (exact) mass is 625 g/mol. The van der Waals surface area contributed by atoms with Gasteiger partial charge in [-0.25, -0.2) is 8.78 Å². The summed E-state index contributed by atoms with van der Waals surface area (Å²) in [6, 6.07) is 1.88. The number of aromatic nitrogens is 5. The van der Waals surface area contributed by atoms with Crippen molar-refractivity contribution in [3.05, 3.63) is 34.9 Å². The fourth-order valence-electron chi connectivity index (χ4n) is 7.47. The first-order valence-corrected chi connectivity index (χ1v) is 15.9. The van der Waals surface area contributed by atoms with Crippen molar-refractivity contribution < 1.29 is 23.0 Å². The fraction of sp³-hybridized carbons (Fsp3) is 0.548. The second-order valence-electron chi connectivity index (χ2n) is 12.3. The normalized spacial score (nSPS) is 26.1. The van der Waals surface area contributed by atoms with Gasteiger partial charge in [-0.1, -0.05) is 18.0 Å². The topological polar surface area (TPSA) is 102 Å². The maximum absolute atomic E-state index is 16.9. The number of pyridine rings is 1. The summed E-state index contributed by atoms with van der Waals surface area (Å²) in [5, 5.41) is 8.91. The highest BCUT2D eigenvalue weighted by molar-refractivity contribution is 6.33. The average molecular weight is 626 g/mol. The predicted octanol–water partition coefficient (Wildman–Crippen LogP) is 5.22. The molecule has 4 aromatic rings. The Bertz CT molecular complexity index is 1720. The van der Waals surface area contributed by atoms with Gasteiger partial charge in [0.25, 0.3) is 0 Å². The number of nitrogens with one attached hydrogen (secondary N) is 1. The van der Waals surface area contributed by atoms with Crippen LogP contribution in [0.25, 0.3) is 33.1 Å². The van der Waals surface area contributed by atoms with Crippen molar-refractivity contribution in [2.75, 3.05) is 50.9 Å². The molecule has 10 nitrogen and oxygen atoms in total. The lowest BCUT2D eigenvalue weighted by Crippen LogP contribution is -2.44. The largest absolute Gasteiger partial charge is 0.461 e. The van der Waals surface area contributed by atoms with E-state index in [9.17, 15) is 4.39 Å². The van der Waals surface area contributed by atoms with E-state index in [1.807, 2.05) is 11.0 Å². The summed E-state index contributed by atoms with van der Waals surface area (Å²) in [6.45, 7) is 3.44. The van der Waals surface area contributed by atoms with Crippen LogP contribution in [0.2, 0.25) is 5.02 Å². The molecule has 44 heavy (non-hydrogen) atoms. The highest BCUT2D eigenvalue weighted by Gasteiger charge is 2.49. The van der Waals surface area contributed by atoms with Gasteiger partial charge in [-0.15, -0.1) is 0 Å². The van der Waals surface area contributed by atoms with Gasteiger partial charge in [0, 0.05) is 48.3 Å². The SMILES string of the molecule is Fc1c2ncc3c(nc(OC[C@@]45CCCN4C[C@H](F)C5)nc13)N1CCO[C@H](C1)OCCCCCc1c(Cl)cc3[nH]ncc3c1-2. The number of benzene rings is 1. The van der Waals surface area contributed by atoms with Crippen LogP contribution in [-0.2, 0) is 15.9 Å². The lowest BCUT2D eigenvalue weighted by Gasteiger charge is -2.34. The molecule has 1 N–H and O–H groups in total. The molecule has 13 heteroatoms. The van der Waals surface area contributed by atoms with Crippen LogP contribution in [0, 0.1) is 5.82 Å². The molecular formula is C31H34ClF2N7O3. The second kappa shape index (κ2) is 11.3. The Kier molecular flexibility index (Phi) is 7.27. The lowest BCUT2D eigenvalue weighted by molar-refractivity contribution is -0.147. The number of H-pyrrole nitrogens is 1. The first-order valence-electron chi connectivity index (χ1n) is 15.5. The number of morpholine rings is 1. The van der Waals surface area contributed by atoms with Crippen LogP contribution in [0.15, 0.2) is 18.5 Å². The molecule has 3 atom stereocenters. The van der Waals surface area contributed by atoms with E-state index in [4.69, 9.17) is 30.8 Å². The van der Waals surface area contributed by atoms with E-state index < -0.39 is 23.8 Å². The van der Waals surface area contributed by atoms with Crippen LogP contribution >= 0.6 is 11.6 Å². The maximum atomic E-state index is 16.9. The van der Waals surface area contributed by atoms with E-state index in [1.54, 1.807) is 12.4 Å². The summed E-state index contributed by atoms with van der Waals surface area (Å²) in [5.74, 6) is -0.0807. The van der Waals surface area contributed by atoms with Crippen molar-refractivity contribution >= 4 is 39.2 Å². The van der Waals surface area contributed by atoms with Crippen LogP contribution in [-0.4, -0.2) is 94.0 Å². The molecule has 8 heterocycles. The number of aromatic amines is 1. The first-order chi connectivity index (χ1) is 21.5. The van der Waals surface area contributed by atoms with Crippen molar-refractivity contribution in [1.29, 1.82) is 0 Å². The maximum Gasteiger partial charge on any atom is 0.319 e. The molecule has 0 unspecified atom stereocenters. The third kappa shape index (κ3) is 4.86. The average Bonchev–Trinajstić information content (AvgIpc) is 3.72. The lowest BCUT2D eigenvalue weighted by atomic mass is 9.94. The van der Waals surface area contributed by atoms with Crippen molar-refractivity contribution in [3.8, 4) is 17.3 Å². The summed E-state index contributed by atoms with van der Waals surface area (Å²) in [5.41, 5.74) is 1.99. The van der Waals surface area contributed by atoms with E-state index in [2.05, 4.69) is 25.1 Å². The van der Waals surface area contributed by atoms with Gasteiger partial charge < -0.3 is 19.1 Å². The third-order valence-electron chi connectivity index (χ3n) is 9.62. The predicted molar refractivity (Wildman–Crippen MR) is 161 cm³/mol. The standard InChI is InChI=1S/C31H34ClF2N7O3/c32-22-11-23-20(14-36-39-23)25-19(22)5-2-1-3-9-42-24-16-40(8-10-43-24)29-21-13-35-28(25)26(34)27(21)37-30(38-29)44-17-31-6-4-7-41(31)15-18(33)12-31/h11,13-14,18,24H,1-10,12,15-17H2,(H,36,39)/t18-,24-,31+/m1/s1. The molecule has 0 spiro atoms. The molecule has 3 fully saturated rings. The zero-order valence-electron chi connectivity index (χ0n) is 24.3. The molecule has 0 aliphatic carbocycles. The smallest absolute Gasteiger partial charge is 0.319 e. The Morgan fingerprint density at radius 2 is 1.98 bits per heavy atom. The minimum absolute atomic E-state index is 0.0527. The van der Waals surface area contributed by atoms with Gasteiger partial charge in [-0.05, 0) is 50.3 Å². The Morgan fingerprint density at radius 1 is 1.07 bits per heavy atom. The van der Waals surface area contributed by atoms with Crippen LogP contribution in [0.3, 0.4) is 0 Å². The molecule has 0 radical (unpaired) electrons. The van der Waals surface area contributed by atoms with Gasteiger partial charge in [0.1, 0.15) is 29.8 Å². The Balaban J connectivity index is 1.28. The molecule has 3 aromatic heterocycles. The summed E-state index contributed by atoms with van der Waals surface area (Å²) < 4.78 is 49.6. The zero-order valence-corrected chi connectivity index (χ0v) is 25.1. The van der Waals surface area contributed by atoms with Gasteiger partial charge in [-0.2, -0.15) is 15.1 Å². The van der Waals surface area contributed by atoms with Crippen LogP contribution in [0.4, 0.5) is 14.6 Å². The van der Waals surface area contributed by atoms with Crippen molar-refractivity contribution in [2.24, 2.45) is 0 Å². The quantitative estimate of drug-likeness (QED) is 0.328. The Hall–Kier alpha value is -3.19. The van der Waals surface area contributed by atoms with E-state index >= 15 is 4.39 Å². The van der Waals surface area contributed by atoms with Gasteiger partial charge in [-0.3, -0.25) is 15.0 Å². The number of halogens is 3. The molecule has 0 saturated carbocycles. The van der Waals surface area contributed by atoms with E-state index in [1.165, 1.54) is 0 Å². The number of ether oxygens (including phenoxy) is 3. The zero-order chi connectivity index (χ0) is 29.8. The minimum atomic E-state index is -0.887. The Morgan fingerprint density at radius 3 is 2.91 bits per heavy atom. The number of alkyl halides is 1. The molecular weight excluding hydrogens is 592 g/mol. The number of hydrogen-bond donors (Lipinski definition) is 1. The van der Waals surface area contributed by atoms with Crippen LogP contribution in [0.1, 0.15) is 44.1 Å². The molecule has 9 rings (SSSR count). The molecule has 232 valence electrons. The van der Waals surface area contributed by atoms with Crippen molar-refractivity contribution in [1.82, 2.24) is 30.0 Å². The first kappa shape index (κ1) is 28.3. The second-order valence-corrected chi connectivity index (χ2v) is 12.8. The van der Waals surface area contributed by atoms with E-state index in [0.29, 0.717) is 73.0 Å². The van der Waals surface area contributed by atoms with Crippen LogP contribution in [0.5, 0.6) is 6.01 Å². The third-order valence-corrected chi connectivity index (χ3v) is 9.96. The number of rotatable bonds is 3. The van der Waals surface area contributed by atoms with Crippen molar-refractivity contribution in [3.63, 3.8) is 0 Å². The summed E-state index contributed by atoms with van der Waals surface area (Å²) in [6.07, 6.45) is 7.47. The van der Waals surface area contributed by atoms with Gasteiger partial charge >= 0.3 is 6.01 Å². The molecule has 1 aromatic carbocycles. The summed E-state index contributed by atoms with van der Waals surface area (Å²) in [4.78, 5) is 18.3. The number of fused-ring (bicyclic) bond motifs is 8. The number of hydrogen-bond acceptors (Lipinski definition) is 9. The van der Waals surface area contributed by atoms with Gasteiger partial charge in [0.05, 0.1) is 35.8 Å². The molecule has 5 aliphatic heterocycles. The van der Waals surface area contributed by atoms with Gasteiger partial charge in [0.2, 0.25) is 0 Å². The molecule has 5 aliphatic rings. The number of anilines is 1. The summed E-state index contributed by atoms with van der Waals surface area (Å²) in [7, 11) is 0. The Labute approximate surface area is 258 Å². The fourth-order valence-corrected chi connectivity index (χ4v) is 7.77. The summed E-state index contributed by atoms with van der Waals surface area (Å²) >= 11 is 6.81. The molecule has 6 bridgehead atoms. The highest BCUT2D eigenvalue weighted by atomic mass is 35.5. The number of nitrogens with zero attached hydrogens (tertiary/aromatic N) is 6. The van der Waals surface area contributed by atoms with Crippen LogP contribution < -0.4 is 9.64 Å². The van der Waals surface area contributed by atoms with Crippen molar-refractivity contribution in [2.45, 2.75) is 62.9 Å².